The summed E-state index contributed by atoms with van der Waals surface area (Å²) in [5, 5.41) is 18.2. The molecule has 130 valence electrons. The van der Waals surface area contributed by atoms with E-state index >= 15 is 0 Å². The van der Waals surface area contributed by atoms with E-state index in [9.17, 15) is 4.79 Å². The molecule has 0 aromatic carbocycles. The molecule has 1 atom stereocenters. The number of aromatic nitrogens is 4. The number of thioether (sulfide) groups is 1. The highest BCUT2D eigenvalue weighted by Gasteiger charge is 2.15. The maximum atomic E-state index is 12.2. The predicted octanol–water partition coefficient (Wildman–Crippen LogP) is 3.14. The molecule has 3 heterocycles. The van der Waals surface area contributed by atoms with Crippen molar-refractivity contribution in [2.75, 3.05) is 0 Å². The number of nitrogens with one attached hydrogen (secondary N) is 1. The number of amides is 1. The van der Waals surface area contributed by atoms with Crippen molar-refractivity contribution in [3.05, 3.63) is 52.0 Å². The lowest BCUT2D eigenvalue weighted by atomic mass is 10.4. The van der Waals surface area contributed by atoms with Gasteiger partial charge in [-0.1, -0.05) is 17.8 Å². The Bertz CT molecular complexity index is 843. The molecule has 0 fully saturated rings. The summed E-state index contributed by atoms with van der Waals surface area (Å²) in [5.41, 5.74) is 1.95. The maximum Gasteiger partial charge on any atom is 0.233 e. The zero-order chi connectivity index (χ0) is 17.8. The van der Waals surface area contributed by atoms with Crippen molar-refractivity contribution in [2.24, 2.45) is 0 Å². The predicted molar refractivity (Wildman–Crippen MR) is 100 cm³/mol. The van der Waals surface area contributed by atoms with Crippen LogP contribution < -0.4 is 5.32 Å². The van der Waals surface area contributed by atoms with Crippen molar-refractivity contribution in [2.45, 2.75) is 37.6 Å². The molecule has 0 saturated heterocycles. The van der Waals surface area contributed by atoms with Crippen molar-refractivity contribution in [3.8, 4) is 5.82 Å². The first-order valence-electron chi connectivity index (χ1n) is 7.87. The molecule has 6 nitrogen and oxygen atoms in total. The first-order valence-corrected chi connectivity index (χ1v) is 9.63. The Morgan fingerprint density at radius 3 is 2.76 bits per heavy atom. The first-order chi connectivity index (χ1) is 12.0. The largest absolute Gasteiger partial charge is 0.350 e. The van der Waals surface area contributed by atoms with Gasteiger partial charge in [0.2, 0.25) is 5.91 Å². The number of carbonyl (C=O) groups is 1. The fourth-order valence-corrected chi connectivity index (χ4v) is 3.75. The SMILES string of the molecule is Cc1cc(C)n(-c2ccc(S[C@@H](C)C(=O)NCc3cccs3)nn2)n1. The molecule has 0 unspecified atom stereocenters. The lowest BCUT2D eigenvalue weighted by Crippen LogP contribution is -2.30. The molecule has 3 rings (SSSR count). The van der Waals surface area contributed by atoms with Crippen molar-refractivity contribution in [3.63, 3.8) is 0 Å². The summed E-state index contributed by atoms with van der Waals surface area (Å²) < 4.78 is 1.76. The van der Waals surface area contributed by atoms with Crippen molar-refractivity contribution in [1.82, 2.24) is 25.3 Å². The van der Waals surface area contributed by atoms with Gasteiger partial charge in [-0.25, -0.2) is 4.68 Å². The summed E-state index contributed by atoms with van der Waals surface area (Å²) in [5.74, 6) is 0.660. The molecule has 1 N–H and O–H groups in total. The molecule has 0 bridgehead atoms. The zero-order valence-corrected chi connectivity index (χ0v) is 15.9. The van der Waals surface area contributed by atoms with Crippen LogP contribution in [0.5, 0.6) is 0 Å². The van der Waals surface area contributed by atoms with E-state index in [1.807, 2.05) is 56.5 Å². The molecule has 8 heteroatoms. The second kappa shape index (κ2) is 7.79. The molecule has 0 spiro atoms. The van der Waals surface area contributed by atoms with E-state index in [0.29, 0.717) is 17.4 Å². The molecule has 0 aliphatic heterocycles. The maximum absolute atomic E-state index is 12.2. The Kier molecular flexibility index (Phi) is 5.50. The normalized spacial score (nSPS) is 12.1. The smallest absolute Gasteiger partial charge is 0.233 e. The minimum atomic E-state index is -0.242. The number of aryl methyl sites for hydroxylation is 2. The summed E-state index contributed by atoms with van der Waals surface area (Å²) in [4.78, 5) is 13.3. The van der Waals surface area contributed by atoms with Gasteiger partial charge in [-0.15, -0.1) is 21.5 Å². The van der Waals surface area contributed by atoms with Crippen molar-refractivity contribution in [1.29, 1.82) is 0 Å². The van der Waals surface area contributed by atoms with Gasteiger partial charge in [0, 0.05) is 10.6 Å². The average Bonchev–Trinajstić information content (AvgIpc) is 3.22. The molecule has 0 radical (unpaired) electrons. The Morgan fingerprint density at radius 1 is 1.32 bits per heavy atom. The Labute approximate surface area is 154 Å². The van der Waals surface area contributed by atoms with Crippen LogP contribution >= 0.6 is 23.1 Å². The van der Waals surface area contributed by atoms with E-state index in [0.717, 1.165) is 16.3 Å². The van der Waals surface area contributed by atoms with Crippen LogP contribution in [0.15, 0.2) is 40.7 Å². The summed E-state index contributed by atoms with van der Waals surface area (Å²) in [7, 11) is 0. The molecule has 0 saturated carbocycles. The van der Waals surface area contributed by atoms with Crippen LogP contribution in [0.4, 0.5) is 0 Å². The van der Waals surface area contributed by atoms with Crippen LogP contribution in [0, 0.1) is 13.8 Å². The Hall–Kier alpha value is -2.19. The molecule has 3 aromatic rings. The summed E-state index contributed by atoms with van der Waals surface area (Å²) in [6, 6.07) is 9.71. The number of hydrogen-bond donors (Lipinski definition) is 1. The fraction of sp³-hybridized carbons (Fsp3) is 0.294. The topological polar surface area (TPSA) is 72.7 Å². The van der Waals surface area contributed by atoms with Gasteiger partial charge in [0.15, 0.2) is 5.82 Å². The molecule has 1 amide bonds. The number of rotatable bonds is 6. The van der Waals surface area contributed by atoms with Gasteiger partial charge >= 0.3 is 0 Å². The molecular formula is C17H19N5OS2. The van der Waals surface area contributed by atoms with E-state index in [4.69, 9.17) is 0 Å². The van der Waals surface area contributed by atoms with Crippen molar-refractivity contribution >= 4 is 29.0 Å². The first kappa shape index (κ1) is 17.6. The third kappa shape index (κ3) is 4.46. The van der Waals surface area contributed by atoms with Gasteiger partial charge in [-0.3, -0.25) is 4.79 Å². The quantitative estimate of drug-likeness (QED) is 0.672. The van der Waals surface area contributed by atoms with Gasteiger partial charge in [0.05, 0.1) is 17.5 Å². The van der Waals surface area contributed by atoms with E-state index in [-0.39, 0.29) is 11.2 Å². The molecule has 0 aliphatic rings. The second-order valence-corrected chi connectivity index (χ2v) is 8.02. The lowest BCUT2D eigenvalue weighted by molar-refractivity contribution is -0.120. The van der Waals surface area contributed by atoms with Gasteiger partial charge < -0.3 is 5.32 Å². The summed E-state index contributed by atoms with van der Waals surface area (Å²) >= 11 is 3.02. The number of carbonyl (C=O) groups excluding carboxylic acids is 1. The summed E-state index contributed by atoms with van der Waals surface area (Å²) in [6.07, 6.45) is 0. The fourth-order valence-electron chi connectivity index (χ4n) is 2.32. The van der Waals surface area contributed by atoms with Gasteiger partial charge in [0.25, 0.3) is 0 Å². The minimum absolute atomic E-state index is 0.0113. The van der Waals surface area contributed by atoms with Crippen LogP contribution in [-0.4, -0.2) is 31.1 Å². The highest BCUT2D eigenvalue weighted by atomic mass is 32.2. The van der Waals surface area contributed by atoms with E-state index < -0.39 is 0 Å². The second-order valence-electron chi connectivity index (χ2n) is 5.63. The van der Waals surface area contributed by atoms with Crippen LogP contribution in [0.1, 0.15) is 23.2 Å². The van der Waals surface area contributed by atoms with Crippen LogP contribution in [0.25, 0.3) is 5.82 Å². The van der Waals surface area contributed by atoms with E-state index in [1.165, 1.54) is 11.8 Å². The third-order valence-corrected chi connectivity index (χ3v) is 5.44. The highest BCUT2D eigenvalue weighted by molar-refractivity contribution is 8.00. The van der Waals surface area contributed by atoms with Gasteiger partial charge in [0.1, 0.15) is 5.03 Å². The van der Waals surface area contributed by atoms with Crippen LogP contribution in [-0.2, 0) is 11.3 Å². The van der Waals surface area contributed by atoms with Crippen molar-refractivity contribution < 1.29 is 4.79 Å². The van der Waals surface area contributed by atoms with E-state index in [2.05, 4.69) is 20.6 Å². The van der Waals surface area contributed by atoms with E-state index in [1.54, 1.807) is 16.0 Å². The molecule has 25 heavy (non-hydrogen) atoms. The molecule has 3 aromatic heterocycles. The average molecular weight is 374 g/mol. The lowest BCUT2D eigenvalue weighted by Gasteiger charge is -2.11. The monoisotopic (exact) mass is 373 g/mol. The van der Waals surface area contributed by atoms with Gasteiger partial charge in [-0.05, 0) is 50.4 Å². The standard InChI is InChI=1S/C17H19N5OS2/c1-11-9-12(2)22(21-11)15-6-7-16(20-19-15)25-13(3)17(23)18-10-14-5-4-8-24-14/h4-9,13H,10H2,1-3H3,(H,18,23)/t13-/m0/s1. The number of hydrogen-bond acceptors (Lipinski definition) is 6. The van der Waals surface area contributed by atoms with Gasteiger partial charge in [-0.2, -0.15) is 5.10 Å². The third-order valence-electron chi connectivity index (χ3n) is 3.54. The summed E-state index contributed by atoms with van der Waals surface area (Å²) in [6.45, 7) is 6.34. The highest BCUT2D eigenvalue weighted by Crippen LogP contribution is 2.21. The number of nitrogens with zero attached hydrogens (tertiary/aromatic N) is 4. The number of thiophene rings is 1. The molecular weight excluding hydrogens is 354 g/mol. The Morgan fingerprint density at radius 2 is 2.16 bits per heavy atom. The Balaban J connectivity index is 1.58. The molecule has 0 aliphatic carbocycles. The van der Waals surface area contributed by atoms with Crippen LogP contribution in [0.3, 0.4) is 0 Å². The zero-order valence-electron chi connectivity index (χ0n) is 14.3. The van der Waals surface area contributed by atoms with Crippen LogP contribution in [0.2, 0.25) is 0 Å². The minimum Gasteiger partial charge on any atom is -0.350 e.